The number of nitrogens with one attached hydrogen (secondary N) is 1. The number of nitriles is 1. The lowest BCUT2D eigenvalue weighted by atomic mass is 10.2. The van der Waals surface area contributed by atoms with Gasteiger partial charge in [0.25, 0.3) is 5.95 Å². The Morgan fingerprint density at radius 1 is 1.30 bits per heavy atom. The van der Waals surface area contributed by atoms with Gasteiger partial charge in [-0.1, -0.05) is 0 Å². The predicted molar refractivity (Wildman–Crippen MR) is 105 cm³/mol. The van der Waals surface area contributed by atoms with Gasteiger partial charge in [-0.15, -0.1) is 10.2 Å². The molecule has 0 unspecified atom stereocenters. The number of nitrogens with two attached hydrogens (primary N) is 1. The highest BCUT2D eigenvalue weighted by Crippen LogP contribution is 2.35. The summed E-state index contributed by atoms with van der Waals surface area (Å²) in [5.41, 5.74) is 0.000448. The maximum atomic E-state index is 12.9. The smallest absolute Gasteiger partial charge is 0.381 e. The lowest BCUT2D eigenvalue weighted by Gasteiger charge is -2.22. The zero-order chi connectivity index (χ0) is 22.7. The van der Waals surface area contributed by atoms with E-state index in [-0.39, 0.29) is 23.1 Å². The van der Waals surface area contributed by atoms with Gasteiger partial charge >= 0.3 is 15.5 Å². The van der Waals surface area contributed by atoms with Crippen LogP contribution in [-0.2, 0) is 17.1 Å². The van der Waals surface area contributed by atoms with Crippen molar-refractivity contribution in [3.8, 4) is 6.07 Å². The molecule has 0 spiro atoms. The molecule has 2 rings (SSSR count). The summed E-state index contributed by atoms with van der Waals surface area (Å²) < 4.78 is 64.6. The largest absolute Gasteiger partial charge is 0.516 e. The van der Waals surface area contributed by atoms with Crippen molar-refractivity contribution in [3.05, 3.63) is 23.9 Å². The number of azo groups is 1. The molecule has 0 saturated carbocycles. The minimum Gasteiger partial charge on any atom is -0.381 e. The molecule has 0 atom stereocenters. The molecule has 10 nitrogen and oxygen atoms in total. The van der Waals surface area contributed by atoms with Crippen molar-refractivity contribution in [1.82, 2.24) is 9.55 Å². The van der Waals surface area contributed by atoms with Gasteiger partial charge in [0.2, 0.25) is 0 Å². The number of nitrogen functional groups attached to an aromatic ring is 1. The summed E-state index contributed by atoms with van der Waals surface area (Å²) in [5.74, 6) is -0.176. The number of anilines is 3. The molecule has 0 aliphatic carbocycles. The van der Waals surface area contributed by atoms with Gasteiger partial charge in [0.1, 0.15) is 11.8 Å². The maximum absolute atomic E-state index is 12.9. The fraction of sp³-hybridized carbons (Fsp3) is 0.375. The minimum absolute atomic E-state index is 0.0267. The lowest BCUT2D eigenvalue weighted by Crippen LogP contribution is -2.30. The van der Waals surface area contributed by atoms with Crippen LogP contribution < -0.4 is 15.4 Å². The molecule has 162 valence electrons. The third-order valence-corrected chi connectivity index (χ3v) is 5.21. The fourth-order valence-corrected chi connectivity index (χ4v) is 3.08. The molecule has 1 heterocycles. The molecule has 0 saturated heterocycles. The monoisotopic (exact) mass is 444 g/mol. The molecule has 2 aromatic rings. The van der Waals surface area contributed by atoms with Gasteiger partial charge in [-0.05, 0) is 32.0 Å². The van der Waals surface area contributed by atoms with Gasteiger partial charge in [0.15, 0.2) is 11.5 Å². The van der Waals surface area contributed by atoms with E-state index in [2.05, 4.69) is 15.2 Å². The van der Waals surface area contributed by atoms with Crippen molar-refractivity contribution in [2.24, 2.45) is 17.3 Å². The Balaban J connectivity index is 2.54. The summed E-state index contributed by atoms with van der Waals surface area (Å²) in [6, 6.07) is 5.95. The average Bonchev–Trinajstić information content (AvgIpc) is 2.93. The molecule has 3 N–H and O–H groups in total. The highest BCUT2D eigenvalue weighted by Gasteiger charge is 2.46. The molecule has 0 aliphatic rings. The summed E-state index contributed by atoms with van der Waals surface area (Å²) in [7, 11) is -4.23. The second kappa shape index (κ2) is 8.57. The maximum Gasteiger partial charge on any atom is 0.516 e. The van der Waals surface area contributed by atoms with Crippen molar-refractivity contribution in [3.63, 3.8) is 0 Å². The number of nitrogens with zero attached hydrogens (tertiary/aromatic N) is 6. The van der Waals surface area contributed by atoms with Crippen LogP contribution >= 0.6 is 0 Å². The molecule has 0 aliphatic heterocycles. The first-order valence-electron chi connectivity index (χ1n) is 8.57. The Hall–Kier alpha value is -3.34. The van der Waals surface area contributed by atoms with E-state index < -0.39 is 21.2 Å². The number of rotatable bonds is 7. The van der Waals surface area contributed by atoms with Crippen LogP contribution in [0.5, 0.6) is 0 Å². The van der Waals surface area contributed by atoms with Crippen LogP contribution in [-0.4, -0.2) is 36.6 Å². The van der Waals surface area contributed by atoms with E-state index in [1.54, 1.807) is 6.07 Å². The molecular formula is C16H19F3N8O2S. The van der Waals surface area contributed by atoms with E-state index >= 15 is 0 Å². The standard InChI is InChI=1S/C16H19F3N8O2S/c1-4-27(5-2)10-6-7-11(12(8-10)25-30(28,29)16(17,18)19)23-24-15-22-14(21)13(9-20)26(15)3/h6-8,25H,4-5,21H2,1-3H3. The lowest BCUT2D eigenvalue weighted by molar-refractivity contribution is -0.0429. The molecule has 30 heavy (non-hydrogen) atoms. The minimum atomic E-state index is -5.68. The molecule has 1 aromatic carbocycles. The highest BCUT2D eigenvalue weighted by molar-refractivity contribution is 7.93. The number of hydrogen-bond donors (Lipinski definition) is 2. The third-order valence-electron chi connectivity index (χ3n) is 4.11. The van der Waals surface area contributed by atoms with Crippen LogP contribution in [0.15, 0.2) is 28.4 Å². The first-order chi connectivity index (χ1) is 13.9. The molecule has 14 heteroatoms. The van der Waals surface area contributed by atoms with E-state index in [4.69, 9.17) is 11.0 Å². The topological polar surface area (TPSA) is 142 Å². The number of hydrogen-bond acceptors (Lipinski definition) is 8. The number of aromatic nitrogens is 2. The summed E-state index contributed by atoms with van der Waals surface area (Å²) in [6.07, 6.45) is 0. The second-order valence-electron chi connectivity index (χ2n) is 5.94. The molecule has 0 amide bonds. The Morgan fingerprint density at radius 2 is 1.93 bits per heavy atom. The Kier molecular flexibility index (Phi) is 6.56. The van der Waals surface area contributed by atoms with Crippen molar-refractivity contribution in [1.29, 1.82) is 5.26 Å². The molecular weight excluding hydrogens is 425 g/mol. The van der Waals surface area contributed by atoms with E-state index in [0.29, 0.717) is 18.8 Å². The zero-order valence-corrected chi connectivity index (χ0v) is 17.1. The van der Waals surface area contributed by atoms with E-state index in [0.717, 1.165) is 0 Å². The van der Waals surface area contributed by atoms with Gasteiger partial charge in [-0.25, -0.2) is 0 Å². The van der Waals surface area contributed by atoms with Gasteiger partial charge < -0.3 is 15.2 Å². The molecule has 0 radical (unpaired) electrons. The van der Waals surface area contributed by atoms with Crippen LogP contribution in [0.25, 0.3) is 0 Å². The number of alkyl halides is 3. The van der Waals surface area contributed by atoms with Gasteiger partial charge in [-0.3, -0.25) is 4.72 Å². The van der Waals surface area contributed by atoms with Gasteiger partial charge in [0, 0.05) is 25.8 Å². The van der Waals surface area contributed by atoms with Gasteiger partial charge in [0.05, 0.1) is 5.69 Å². The summed E-state index contributed by atoms with van der Waals surface area (Å²) >= 11 is 0. The quantitative estimate of drug-likeness (QED) is 0.627. The summed E-state index contributed by atoms with van der Waals surface area (Å²) in [5, 5.41) is 16.6. The van der Waals surface area contributed by atoms with Crippen LogP contribution in [0.1, 0.15) is 19.5 Å². The SMILES string of the molecule is CCN(CC)c1ccc(N=Nc2nc(N)c(C#N)n2C)c(NS(=O)(=O)C(F)(F)F)c1. The summed E-state index contributed by atoms with van der Waals surface area (Å²) in [6.45, 7) is 4.78. The molecule has 1 aromatic heterocycles. The first kappa shape index (κ1) is 22.9. The molecule has 0 fully saturated rings. The Bertz CT molecular complexity index is 1100. The van der Waals surface area contributed by atoms with Crippen molar-refractivity contribution in [2.45, 2.75) is 19.4 Å². The number of imidazole rings is 1. The highest BCUT2D eigenvalue weighted by atomic mass is 32.2. The second-order valence-corrected chi connectivity index (χ2v) is 7.62. The Labute approximate surface area is 170 Å². The third kappa shape index (κ3) is 4.62. The Morgan fingerprint density at radius 3 is 2.43 bits per heavy atom. The number of benzene rings is 1. The van der Waals surface area contributed by atoms with Crippen molar-refractivity contribution >= 4 is 38.9 Å². The summed E-state index contributed by atoms with van der Waals surface area (Å²) in [4.78, 5) is 5.65. The molecule has 0 bridgehead atoms. The number of sulfonamides is 1. The van der Waals surface area contributed by atoms with Crippen molar-refractivity contribution < 1.29 is 21.6 Å². The van der Waals surface area contributed by atoms with Crippen LogP contribution in [0.2, 0.25) is 0 Å². The fourth-order valence-electron chi connectivity index (χ4n) is 2.51. The average molecular weight is 444 g/mol. The normalized spacial score (nSPS) is 12.2. The number of halogens is 3. The van der Waals surface area contributed by atoms with Crippen molar-refractivity contribution in [2.75, 3.05) is 28.4 Å². The zero-order valence-electron chi connectivity index (χ0n) is 16.3. The van der Waals surface area contributed by atoms with E-state index in [1.165, 1.54) is 28.5 Å². The van der Waals surface area contributed by atoms with E-state index in [1.807, 2.05) is 24.8 Å². The predicted octanol–water partition coefficient (Wildman–Crippen LogP) is 3.40. The van der Waals surface area contributed by atoms with E-state index in [9.17, 15) is 21.6 Å². The van der Waals surface area contributed by atoms with Crippen LogP contribution in [0.3, 0.4) is 0 Å². The van der Waals surface area contributed by atoms with Crippen LogP contribution in [0.4, 0.5) is 42.0 Å². The van der Waals surface area contributed by atoms with Crippen LogP contribution in [0, 0.1) is 11.3 Å². The first-order valence-corrected chi connectivity index (χ1v) is 10.1. The van der Waals surface area contributed by atoms with Gasteiger partial charge in [-0.2, -0.15) is 31.8 Å².